The van der Waals surface area contributed by atoms with E-state index in [2.05, 4.69) is 25.9 Å². The van der Waals surface area contributed by atoms with Gasteiger partial charge in [0.05, 0.1) is 16.6 Å². The second-order valence-electron chi connectivity index (χ2n) is 10.3. The van der Waals surface area contributed by atoms with E-state index in [1.165, 1.54) is 0 Å². The van der Waals surface area contributed by atoms with Crippen molar-refractivity contribution in [2.45, 2.75) is 46.3 Å². The third-order valence-electron chi connectivity index (χ3n) is 5.85. The summed E-state index contributed by atoms with van der Waals surface area (Å²) < 4.78 is 10.6. The number of piperazine rings is 1. The fraction of sp³-hybridized carbons (Fsp3) is 0.444. The Morgan fingerprint density at radius 1 is 1.11 bits per heavy atom. The quantitative estimate of drug-likeness (QED) is 0.369. The van der Waals surface area contributed by atoms with Gasteiger partial charge in [-0.15, -0.1) is 0 Å². The Balaban J connectivity index is 1.34. The lowest BCUT2D eigenvalue weighted by molar-refractivity contribution is 0.0139. The van der Waals surface area contributed by atoms with Crippen LogP contribution in [-0.4, -0.2) is 80.9 Å². The van der Waals surface area contributed by atoms with Gasteiger partial charge in [0.1, 0.15) is 18.0 Å². The molecule has 0 unspecified atom stereocenters. The first-order chi connectivity index (χ1) is 17.6. The van der Waals surface area contributed by atoms with Crippen LogP contribution in [0.15, 0.2) is 36.5 Å². The van der Waals surface area contributed by atoms with Crippen LogP contribution < -0.4 is 0 Å². The van der Waals surface area contributed by atoms with E-state index in [9.17, 15) is 9.59 Å². The summed E-state index contributed by atoms with van der Waals surface area (Å²) in [7, 11) is 0. The standard InChI is InChI=1S/C27H34N6O4/c1-18(28)17-36-25(34)20-5-6-22-23(14-20)31-24(30-22)15-21-13-19(7-8-29-21)16-32-9-11-33(12-10-32)26(35)37-27(2,3)4/h5-8,13-14,28H,9-12,15-17H2,1-4H3,(H,30,31). The van der Waals surface area contributed by atoms with Crippen LogP contribution in [0.5, 0.6) is 0 Å². The predicted octanol–water partition coefficient (Wildman–Crippen LogP) is 3.80. The van der Waals surface area contributed by atoms with Crippen molar-refractivity contribution in [1.82, 2.24) is 24.8 Å². The molecule has 1 saturated heterocycles. The topological polar surface area (TPSA) is 124 Å². The fourth-order valence-electron chi connectivity index (χ4n) is 4.10. The molecule has 0 saturated carbocycles. The highest BCUT2D eigenvalue weighted by Crippen LogP contribution is 2.18. The van der Waals surface area contributed by atoms with Gasteiger partial charge in [0.15, 0.2) is 0 Å². The predicted molar refractivity (Wildman–Crippen MR) is 140 cm³/mol. The number of carbonyl (C=O) groups is 2. The monoisotopic (exact) mass is 506 g/mol. The molecule has 1 aliphatic rings. The van der Waals surface area contributed by atoms with Crippen LogP contribution in [0.25, 0.3) is 11.0 Å². The van der Waals surface area contributed by atoms with Crippen LogP contribution >= 0.6 is 0 Å². The molecule has 3 aromatic rings. The first-order valence-corrected chi connectivity index (χ1v) is 12.4. The highest BCUT2D eigenvalue weighted by Gasteiger charge is 2.25. The smallest absolute Gasteiger partial charge is 0.410 e. The van der Waals surface area contributed by atoms with Gasteiger partial charge in [-0.1, -0.05) is 0 Å². The van der Waals surface area contributed by atoms with E-state index in [0.717, 1.165) is 47.7 Å². The molecule has 1 amide bonds. The zero-order valence-electron chi connectivity index (χ0n) is 21.8. The maximum absolute atomic E-state index is 12.3. The molecule has 37 heavy (non-hydrogen) atoms. The molecule has 4 rings (SSSR count). The lowest BCUT2D eigenvalue weighted by atomic mass is 10.1. The first-order valence-electron chi connectivity index (χ1n) is 12.4. The van der Waals surface area contributed by atoms with Gasteiger partial charge in [0, 0.05) is 56.7 Å². The molecular weight excluding hydrogens is 472 g/mol. The number of H-pyrrole nitrogens is 1. The van der Waals surface area contributed by atoms with E-state index in [0.29, 0.717) is 25.1 Å². The number of pyridine rings is 1. The minimum atomic E-state index is -0.490. The Morgan fingerprint density at radius 3 is 2.57 bits per heavy atom. The molecule has 0 bridgehead atoms. The Kier molecular flexibility index (Phi) is 7.87. The number of aromatic nitrogens is 3. The van der Waals surface area contributed by atoms with Gasteiger partial charge in [-0.25, -0.2) is 14.6 Å². The average Bonchev–Trinajstić information content (AvgIpc) is 3.23. The number of carbonyl (C=O) groups excluding carboxylic acids is 2. The van der Waals surface area contributed by atoms with Crippen molar-refractivity contribution in [3.8, 4) is 0 Å². The maximum atomic E-state index is 12.3. The van der Waals surface area contributed by atoms with Crippen LogP contribution in [0, 0.1) is 5.41 Å². The number of ether oxygens (including phenoxy) is 2. The van der Waals surface area contributed by atoms with Crippen LogP contribution in [-0.2, 0) is 22.4 Å². The summed E-state index contributed by atoms with van der Waals surface area (Å²) in [5.74, 6) is 0.289. The summed E-state index contributed by atoms with van der Waals surface area (Å²) in [4.78, 5) is 41.0. The van der Waals surface area contributed by atoms with Crippen molar-refractivity contribution >= 4 is 28.8 Å². The average molecular weight is 507 g/mol. The number of nitrogens with zero attached hydrogens (tertiary/aromatic N) is 4. The number of amides is 1. The summed E-state index contributed by atoms with van der Waals surface area (Å²) in [5, 5.41) is 7.41. The van der Waals surface area contributed by atoms with Crippen LogP contribution in [0.3, 0.4) is 0 Å². The molecule has 0 aliphatic carbocycles. The molecule has 10 heteroatoms. The van der Waals surface area contributed by atoms with E-state index in [-0.39, 0.29) is 18.4 Å². The van der Waals surface area contributed by atoms with E-state index >= 15 is 0 Å². The Labute approximate surface area is 216 Å². The van der Waals surface area contributed by atoms with Crippen molar-refractivity contribution in [3.05, 3.63) is 59.2 Å². The number of rotatable bonds is 7. The number of hydrogen-bond donors (Lipinski definition) is 2. The number of aromatic amines is 1. The summed E-state index contributed by atoms with van der Waals surface area (Å²) in [6.07, 6.45) is 2.08. The van der Waals surface area contributed by atoms with E-state index in [1.54, 1.807) is 30.0 Å². The minimum absolute atomic E-state index is 0.0213. The normalized spacial score (nSPS) is 14.5. The third-order valence-corrected chi connectivity index (χ3v) is 5.85. The summed E-state index contributed by atoms with van der Waals surface area (Å²) >= 11 is 0. The van der Waals surface area contributed by atoms with Gasteiger partial charge in [0.25, 0.3) is 0 Å². The van der Waals surface area contributed by atoms with Crippen LogP contribution in [0.2, 0.25) is 0 Å². The Bertz CT molecular complexity index is 1290. The van der Waals surface area contributed by atoms with Gasteiger partial charge in [-0.05, 0) is 63.6 Å². The minimum Gasteiger partial charge on any atom is -0.456 e. The molecule has 2 aromatic heterocycles. The molecule has 0 radical (unpaired) electrons. The summed E-state index contributed by atoms with van der Waals surface area (Å²) in [6.45, 7) is 10.8. The summed E-state index contributed by atoms with van der Waals surface area (Å²) in [5.41, 5.74) is 3.76. The highest BCUT2D eigenvalue weighted by atomic mass is 16.6. The first kappa shape index (κ1) is 26.3. The van der Waals surface area contributed by atoms with Gasteiger partial charge >= 0.3 is 12.1 Å². The molecule has 2 N–H and O–H groups in total. The van der Waals surface area contributed by atoms with Gasteiger partial charge in [-0.2, -0.15) is 0 Å². The van der Waals surface area contributed by atoms with Crippen LogP contribution in [0.4, 0.5) is 4.79 Å². The van der Waals surface area contributed by atoms with Crippen molar-refractivity contribution < 1.29 is 19.1 Å². The van der Waals surface area contributed by atoms with Gasteiger partial charge < -0.3 is 24.8 Å². The number of imidazole rings is 1. The molecule has 10 nitrogen and oxygen atoms in total. The molecule has 1 fully saturated rings. The highest BCUT2D eigenvalue weighted by molar-refractivity contribution is 5.95. The molecular formula is C27H34N6O4. The van der Waals surface area contributed by atoms with Crippen molar-refractivity contribution in [2.24, 2.45) is 0 Å². The SMILES string of the molecule is CC(=N)COC(=O)c1ccc2nc(Cc3cc(CN4CCN(C(=O)OC(C)(C)C)CC4)ccn3)[nH]c2c1. The maximum Gasteiger partial charge on any atom is 0.410 e. The molecule has 0 atom stereocenters. The van der Waals surface area contributed by atoms with Crippen molar-refractivity contribution in [2.75, 3.05) is 32.8 Å². The lowest BCUT2D eigenvalue weighted by Crippen LogP contribution is -2.49. The summed E-state index contributed by atoms with van der Waals surface area (Å²) in [6, 6.07) is 9.26. The van der Waals surface area contributed by atoms with Gasteiger partial charge in [0.2, 0.25) is 0 Å². The molecule has 1 aliphatic heterocycles. The lowest BCUT2D eigenvalue weighted by Gasteiger charge is -2.35. The molecule has 196 valence electrons. The second-order valence-corrected chi connectivity index (χ2v) is 10.3. The number of benzene rings is 1. The Morgan fingerprint density at radius 2 is 1.86 bits per heavy atom. The van der Waals surface area contributed by atoms with Crippen LogP contribution in [0.1, 0.15) is 55.1 Å². The Hall–Kier alpha value is -3.79. The zero-order chi connectivity index (χ0) is 26.6. The molecule has 3 heterocycles. The van der Waals surface area contributed by atoms with Gasteiger partial charge in [-0.3, -0.25) is 9.88 Å². The number of fused-ring (bicyclic) bond motifs is 1. The number of esters is 1. The largest absolute Gasteiger partial charge is 0.456 e. The van der Waals surface area contributed by atoms with E-state index in [4.69, 9.17) is 14.9 Å². The molecule has 1 aromatic carbocycles. The number of nitrogens with one attached hydrogen (secondary N) is 2. The van der Waals surface area contributed by atoms with Crippen molar-refractivity contribution in [3.63, 3.8) is 0 Å². The third kappa shape index (κ3) is 7.36. The van der Waals surface area contributed by atoms with E-state index in [1.807, 2.05) is 33.0 Å². The zero-order valence-corrected chi connectivity index (χ0v) is 21.8. The fourth-order valence-corrected chi connectivity index (χ4v) is 4.10. The van der Waals surface area contributed by atoms with Crippen molar-refractivity contribution in [1.29, 1.82) is 5.41 Å². The van der Waals surface area contributed by atoms with E-state index < -0.39 is 11.6 Å². The second kappa shape index (κ2) is 11.1. The number of hydrogen-bond acceptors (Lipinski definition) is 8. The molecule has 0 spiro atoms.